The van der Waals surface area contributed by atoms with Crippen LogP contribution in [0.1, 0.15) is 75.6 Å². The van der Waals surface area contributed by atoms with Crippen molar-refractivity contribution in [3.63, 3.8) is 0 Å². The Morgan fingerprint density at radius 2 is 0.881 bits per heavy atom. The van der Waals surface area contributed by atoms with E-state index in [-0.39, 0.29) is 11.9 Å². The maximum absolute atomic E-state index is 14.4. The Bertz CT molecular complexity index is 1350. The summed E-state index contributed by atoms with van der Waals surface area (Å²) in [4.78, 5) is 14.4. The number of carbonyl (C=O) groups is 1. The summed E-state index contributed by atoms with van der Waals surface area (Å²) in [6.07, 6.45) is -0.652. The first-order valence-corrected chi connectivity index (χ1v) is 17.4. The summed E-state index contributed by atoms with van der Waals surface area (Å²) in [6, 6.07) is 40.5. The van der Waals surface area contributed by atoms with Crippen LogP contribution < -0.4 is 0 Å². The third-order valence-electron chi connectivity index (χ3n) is 8.66. The van der Waals surface area contributed by atoms with Crippen molar-refractivity contribution in [3.8, 4) is 11.5 Å². The summed E-state index contributed by atoms with van der Waals surface area (Å²) in [6.45, 7) is 13.9. The van der Waals surface area contributed by atoms with Gasteiger partial charge in [-0.05, 0) is 38.9 Å². The molecule has 0 amide bonds. The van der Waals surface area contributed by atoms with Crippen LogP contribution in [-0.2, 0) is 9.53 Å². The fraction of sp³-hybridized carbons (Fsp3) is 0.308. The molecule has 0 saturated heterocycles. The van der Waals surface area contributed by atoms with Gasteiger partial charge in [-0.2, -0.15) is 0 Å². The lowest BCUT2D eigenvalue weighted by molar-refractivity contribution is -0.147. The van der Waals surface area contributed by atoms with Crippen LogP contribution in [0.15, 0.2) is 121 Å². The average Bonchev–Trinajstić information content (AvgIpc) is 2.99. The normalized spacial score (nSPS) is 12.5. The summed E-state index contributed by atoms with van der Waals surface area (Å²) in [5.41, 5.74) is 9.27. The van der Waals surface area contributed by atoms with E-state index in [1.165, 1.54) is 0 Å². The molecule has 3 heteroatoms. The first kappa shape index (κ1) is 31.1. The highest BCUT2D eigenvalue weighted by Gasteiger charge is 2.42. The van der Waals surface area contributed by atoms with Crippen LogP contribution in [0.4, 0.5) is 0 Å². The third-order valence-corrected chi connectivity index (χ3v) is 15.0. The first-order chi connectivity index (χ1) is 20.3. The lowest BCUT2D eigenvalue weighted by Gasteiger charge is -2.38. The predicted octanol–water partition coefficient (Wildman–Crippen LogP) is 9.78. The molecule has 4 rings (SSSR count). The monoisotopic (exact) mass is 572 g/mol. The zero-order valence-electron chi connectivity index (χ0n) is 25.8. The van der Waals surface area contributed by atoms with Gasteiger partial charge in [0.05, 0.1) is 5.92 Å². The van der Waals surface area contributed by atoms with Gasteiger partial charge in [-0.15, -0.1) is 5.54 Å². The number of hydrogen-bond donors (Lipinski definition) is 0. The molecule has 0 bridgehead atoms. The summed E-state index contributed by atoms with van der Waals surface area (Å²) < 4.78 is 6.64. The second kappa shape index (κ2) is 14.3. The van der Waals surface area contributed by atoms with Gasteiger partial charge in [0, 0.05) is 0 Å². The van der Waals surface area contributed by atoms with Gasteiger partial charge in [-0.1, -0.05) is 169 Å². The number of benzene rings is 4. The van der Waals surface area contributed by atoms with E-state index in [1.807, 2.05) is 97.1 Å². The van der Waals surface area contributed by atoms with Crippen LogP contribution in [-0.4, -0.2) is 20.1 Å². The van der Waals surface area contributed by atoms with E-state index in [4.69, 9.17) is 4.74 Å². The van der Waals surface area contributed by atoms with Crippen molar-refractivity contribution in [2.45, 2.75) is 76.1 Å². The number of ether oxygens (including phenoxy) is 1. The molecule has 0 aliphatic heterocycles. The third kappa shape index (κ3) is 6.94. The minimum atomic E-state index is -2.10. The van der Waals surface area contributed by atoms with Gasteiger partial charge in [-0.3, -0.25) is 4.79 Å². The van der Waals surface area contributed by atoms with Crippen LogP contribution in [0.3, 0.4) is 0 Å². The molecule has 0 N–H and O–H groups in total. The molecule has 42 heavy (non-hydrogen) atoms. The van der Waals surface area contributed by atoms with Crippen molar-refractivity contribution in [1.82, 2.24) is 0 Å². The van der Waals surface area contributed by atoms with E-state index in [0.29, 0.717) is 16.6 Å². The topological polar surface area (TPSA) is 26.3 Å². The Morgan fingerprint density at radius 1 is 0.548 bits per heavy atom. The average molecular weight is 573 g/mol. The summed E-state index contributed by atoms with van der Waals surface area (Å²) >= 11 is 0. The maximum Gasteiger partial charge on any atom is 0.319 e. The van der Waals surface area contributed by atoms with Gasteiger partial charge in [0.25, 0.3) is 0 Å². The molecule has 0 heterocycles. The highest BCUT2D eigenvalue weighted by Crippen LogP contribution is 2.41. The number of rotatable bonds is 10. The smallest absolute Gasteiger partial charge is 0.319 e. The van der Waals surface area contributed by atoms with E-state index >= 15 is 0 Å². The highest BCUT2D eigenvalue weighted by atomic mass is 28.3. The molecule has 0 fully saturated rings. The van der Waals surface area contributed by atoms with Crippen LogP contribution >= 0.6 is 0 Å². The molecule has 1 unspecified atom stereocenters. The summed E-state index contributed by atoms with van der Waals surface area (Å²) in [5.74, 6) is 2.60. The minimum Gasteiger partial charge on any atom is -0.447 e. The van der Waals surface area contributed by atoms with Crippen molar-refractivity contribution < 1.29 is 9.53 Å². The Labute approximate surface area is 254 Å². The zero-order chi connectivity index (χ0) is 30.1. The molecule has 0 aromatic heterocycles. The summed E-state index contributed by atoms with van der Waals surface area (Å²) in [7, 11) is -2.10. The van der Waals surface area contributed by atoms with Crippen LogP contribution in [0.25, 0.3) is 0 Å². The van der Waals surface area contributed by atoms with E-state index < -0.39 is 20.1 Å². The fourth-order valence-corrected chi connectivity index (χ4v) is 11.9. The molecule has 216 valence electrons. The molecule has 4 aromatic rings. The molecule has 4 aromatic carbocycles. The van der Waals surface area contributed by atoms with Crippen LogP contribution in [0.5, 0.6) is 0 Å². The Kier molecular flexibility index (Phi) is 10.6. The minimum absolute atomic E-state index is 0.228. The van der Waals surface area contributed by atoms with Gasteiger partial charge in [0.2, 0.25) is 0 Å². The lowest BCUT2D eigenvalue weighted by Crippen LogP contribution is -2.43. The quantitative estimate of drug-likeness (QED) is 0.107. The molecule has 0 radical (unpaired) electrons. The summed E-state index contributed by atoms with van der Waals surface area (Å²) in [5, 5.41) is 0. The van der Waals surface area contributed by atoms with Gasteiger partial charge < -0.3 is 4.74 Å². The molecule has 0 spiro atoms. The number of hydrogen-bond acceptors (Lipinski definition) is 2. The SMILES string of the molecule is CC(C)[Si](C#CC(OC(=O)C(c1ccccc1)c1ccccc1)C(c1ccccc1)c1ccccc1)(C(C)C)C(C)C. The van der Waals surface area contributed by atoms with Crippen molar-refractivity contribution in [2.24, 2.45) is 0 Å². The largest absolute Gasteiger partial charge is 0.447 e. The first-order valence-electron chi connectivity index (χ1n) is 15.2. The molecule has 0 aliphatic rings. The standard InChI is InChI=1S/C39H44O2Si/c1-29(2)42(30(3)4,31(5)6)28-27-36(37(32-19-11-7-12-20-32)33-21-13-8-14-22-33)41-39(40)38(34-23-15-9-16-24-34)35-25-17-10-18-26-35/h7-26,29-31,36-38H,1-6H3. The van der Waals surface area contributed by atoms with Gasteiger partial charge in [-0.25, -0.2) is 0 Å². The second-order valence-electron chi connectivity index (χ2n) is 12.1. The molecular formula is C39H44O2Si. The zero-order valence-corrected chi connectivity index (χ0v) is 26.8. The molecule has 1 atom stereocenters. The maximum atomic E-state index is 14.4. The van der Waals surface area contributed by atoms with Crippen molar-refractivity contribution >= 4 is 14.0 Å². The van der Waals surface area contributed by atoms with Crippen molar-refractivity contribution in [3.05, 3.63) is 144 Å². The number of carbonyl (C=O) groups excluding carboxylic acids is 1. The molecule has 2 nitrogen and oxygen atoms in total. The van der Waals surface area contributed by atoms with Crippen molar-refractivity contribution in [2.75, 3.05) is 0 Å². The van der Waals surface area contributed by atoms with E-state index in [0.717, 1.165) is 22.3 Å². The highest BCUT2D eigenvalue weighted by molar-refractivity contribution is 6.90. The van der Waals surface area contributed by atoms with Crippen LogP contribution in [0.2, 0.25) is 16.6 Å². The second-order valence-corrected chi connectivity index (χ2v) is 17.7. The Hall–Kier alpha value is -3.87. The molecule has 0 aliphatic carbocycles. The Morgan fingerprint density at radius 3 is 1.21 bits per heavy atom. The predicted molar refractivity (Wildman–Crippen MR) is 178 cm³/mol. The van der Waals surface area contributed by atoms with E-state index in [9.17, 15) is 4.79 Å². The van der Waals surface area contributed by atoms with Crippen LogP contribution in [0, 0.1) is 11.5 Å². The Balaban J connectivity index is 1.89. The lowest BCUT2D eigenvalue weighted by atomic mass is 9.86. The molecular weight excluding hydrogens is 529 g/mol. The molecule has 0 saturated carbocycles. The number of esters is 1. The van der Waals surface area contributed by atoms with Gasteiger partial charge in [0.1, 0.15) is 14.0 Å². The van der Waals surface area contributed by atoms with E-state index in [2.05, 4.69) is 77.3 Å². The fourth-order valence-electron chi connectivity index (χ4n) is 6.62. The van der Waals surface area contributed by atoms with Crippen molar-refractivity contribution in [1.29, 1.82) is 0 Å². The van der Waals surface area contributed by atoms with Gasteiger partial charge in [0.15, 0.2) is 6.10 Å². The van der Waals surface area contributed by atoms with E-state index in [1.54, 1.807) is 0 Å². The van der Waals surface area contributed by atoms with Gasteiger partial charge >= 0.3 is 5.97 Å².